The van der Waals surface area contributed by atoms with Crippen molar-refractivity contribution >= 4 is 33.9 Å². The molecule has 2 aromatic carbocycles. The molecule has 4 rings (SSSR count). The third-order valence-corrected chi connectivity index (χ3v) is 5.43. The fraction of sp³-hybridized carbons (Fsp3) is 0.0952. The Morgan fingerprint density at radius 3 is 2.66 bits per heavy atom. The number of hydrogen-bond acceptors (Lipinski definition) is 6. The average Bonchev–Trinajstić information content (AvgIpc) is 3.31. The lowest BCUT2D eigenvalue weighted by atomic mass is 10.3. The first-order chi connectivity index (χ1) is 14.1. The zero-order valence-electron chi connectivity index (χ0n) is 15.5. The van der Waals surface area contributed by atoms with Gasteiger partial charge in [-0.25, -0.2) is 4.98 Å². The summed E-state index contributed by atoms with van der Waals surface area (Å²) in [6.07, 6.45) is 0. The second kappa shape index (κ2) is 7.66. The van der Waals surface area contributed by atoms with E-state index in [-0.39, 0.29) is 28.1 Å². The molecule has 0 unspecified atom stereocenters. The molecule has 2 aromatic heterocycles. The van der Waals surface area contributed by atoms with Gasteiger partial charge in [0.25, 0.3) is 5.95 Å². The number of hydrogen-bond donors (Lipinski definition) is 3. The predicted octanol–water partition coefficient (Wildman–Crippen LogP) is 2.28. The molecule has 0 aliphatic carbocycles. The van der Waals surface area contributed by atoms with Gasteiger partial charge in [0.15, 0.2) is 15.8 Å². The number of nitrogens with one attached hydrogen (secondary N) is 2. The summed E-state index contributed by atoms with van der Waals surface area (Å²) in [4.78, 5) is 7.70. The number of fused-ring (bicyclic) bond motifs is 1. The Kier molecular flexibility index (Phi) is 4.89. The number of nitrogens with zero attached hydrogens (tertiary/aromatic N) is 3. The highest BCUT2D eigenvalue weighted by atomic mass is 32.1. The van der Waals surface area contributed by atoms with Crippen LogP contribution >= 0.6 is 11.3 Å². The number of aromatic amines is 1. The Morgan fingerprint density at radius 1 is 1.24 bits per heavy atom. The summed E-state index contributed by atoms with van der Waals surface area (Å²) in [6.45, 7) is 2.02. The molecule has 0 amide bonds. The van der Waals surface area contributed by atoms with E-state index < -0.39 is 0 Å². The van der Waals surface area contributed by atoms with Crippen LogP contribution in [0.1, 0.15) is 12.7 Å². The van der Waals surface area contributed by atoms with Gasteiger partial charge in [-0.15, -0.1) is 11.3 Å². The van der Waals surface area contributed by atoms with Gasteiger partial charge >= 0.3 is 0 Å². The van der Waals surface area contributed by atoms with Crippen LogP contribution in [0.25, 0.3) is 28.2 Å². The van der Waals surface area contributed by atoms with Crippen LogP contribution in [-0.4, -0.2) is 26.2 Å². The number of aromatic nitrogens is 3. The second-order valence-corrected chi connectivity index (χ2v) is 7.08. The van der Waals surface area contributed by atoms with Crippen LogP contribution in [0.3, 0.4) is 0 Å². The fourth-order valence-electron chi connectivity index (χ4n) is 3.00. The Balaban J connectivity index is 2.13. The van der Waals surface area contributed by atoms with Crippen molar-refractivity contribution < 1.29 is 9.84 Å². The molecule has 0 saturated carbocycles. The topological polar surface area (TPSA) is 111 Å². The van der Waals surface area contributed by atoms with E-state index in [1.54, 1.807) is 11.5 Å². The number of rotatable bonds is 4. The standard InChI is InChI=1S/C21H17N5O2S/c1-2-28-21(27)17-18(23)26(13-8-4-3-5-9-13)20(29-17)14(12-22)19-24-15-10-6-7-11-16(15)25-19/h3-11,23,27H,2H2,1H3,(H,24,25)/b20-14?,21-17-,23-18?. The third kappa shape index (κ3) is 3.28. The highest BCUT2D eigenvalue weighted by Gasteiger charge is 2.16. The highest BCUT2D eigenvalue weighted by Crippen LogP contribution is 2.15. The van der Waals surface area contributed by atoms with Crippen molar-refractivity contribution in [2.24, 2.45) is 0 Å². The number of benzene rings is 2. The van der Waals surface area contributed by atoms with Gasteiger partial charge in [0.05, 0.1) is 17.6 Å². The molecule has 0 fully saturated rings. The van der Waals surface area contributed by atoms with Crippen LogP contribution in [0.2, 0.25) is 0 Å². The van der Waals surface area contributed by atoms with Gasteiger partial charge in [-0.3, -0.25) is 9.98 Å². The van der Waals surface area contributed by atoms with Gasteiger partial charge in [-0.1, -0.05) is 30.3 Å². The summed E-state index contributed by atoms with van der Waals surface area (Å²) in [6, 6.07) is 19.0. The zero-order chi connectivity index (χ0) is 20.4. The van der Waals surface area contributed by atoms with Crippen molar-refractivity contribution in [1.82, 2.24) is 14.5 Å². The van der Waals surface area contributed by atoms with Crippen molar-refractivity contribution in [3.63, 3.8) is 0 Å². The first-order valence-corrected chi connectivity index (χ1v) is 9.73. The summed E-state index contributed by atoms with van der Waals surface area (Å²) in [5.41, 5.74) is 2.56. The quantitative estimate of drug-likeness (QED) is 0.485. The Hall–Kier alpha value is -3.83. The largest absolute Gasteiger partial charge is 0.480 e. The van der Waals surface area contributed by atoms with E-state index in [1.165, 1.54) is 0 Å². The maximum Gasteiger partial charge on any atom is 0.298 e. The van der Waals surface area contributed by atoms with Gasteiger partial charge < -0.3 is 14.8 Å². The maximum absolute atomic E-state index is 10.3. The van der Waals surface area contributed by atoms with Gasteiger partial charge in [-0.2, -0.15) is 5.26 Å². The number of imidazole rings is 1. The van der Waals surface area contributed by atoms with E-state index in [2.05, 4.69) is 16.0 Å². The van der Waals surface area contributed by atoms with Gasteiger partial charge in [0.1, 0.15) is 16.3 Å². The van der Waals surface area contributed by atoms with Gasteiger partial charge in [0.2, 0.25) is 0 Å². The SMILES string of the molecule is CCO/C(O)=c1\sc(=C(C#N)c2nc3ccccc3[nH]2)n(-c2ccccc2)c1=N. The molecule has 4 aromatic rings. The molecule has 8 heteroatoms. The monoisotopic (exact) mass is 403 g/mol. The molecule has 0 aliphatic rings. The number of para-hydroxylation sites is 3. The number of aliphatic hydroxyl groups is 1. The Labute approximate surface area is 169 Å². The van der Waals surface area contributed by atoms with Crippen LogP contribution in [0.15, 0.2) is 54.6 Å². The fourth-order valence-corrected chi connectivity index (χ4v) is 4.06. The molecule has 0 spiro atoms. The summed E-state index contributed by atoms with van der Waals surface area (Å²) < 4.78 is 7.55. The minimum atomic E-state index is -0.333. The lowest BCUT2D eigenvalue weighted by Gasteiger charge is -2.03. The second-order valence-electron chi connectivity index (χ2n) is 6.08. The lowest BCUT2D eigenvalue weighted by molar-refractivity contribution is 0.190. The third-order valence-electron chi connectivity index (χ3n) is 4.28. The summed E-state index contributed by atoms with van der Waals surface area (Å²) >= 11 is 1.11. The van der Waals surface area contributed by atoms with Crippen molar-refractivity contribution in [3.8, 4) is 11.8 Å². The highest BCUT2D eigenvalue weighted by molar-refractivity contribution is 7.07. The van der Waals surface area contributed by atoms with E-state index in [0.717, 1.165) is 22.4 Å². The minimum Gasteiger partial charge on any atom is -0.480 e. The maximum atomic E-state index is 10.3. The minimum absolute atomic E-state index is 0.0333. The van der Waals surface area contributed by atoms with Crippen LogP contribution in [0, 0.1) is 16.7 Å². The number of aliphatic hydroxyl groups excluding tert-OH is 1. The van der Waals surface area contributed by atoms with E-state index in [1.807, 2.05) is 54.6 Å². The molecule has 0 bridgehead atoms. The van der Waals surface area contributed by atoms with E-state index in [0.29, 0.717) is 16.2 Å². The van der Waals surface area contributed by atoms with Crippen LogP contribution in [0.5, 0.6) is 0 Å². The van der Waals surface area contributed by atoms with E-state index in [4.69, 9.17) is 10.1 Å². The van der Waals surface area contributed by atoms with E-state index >= 15 is 0 Å². The molecule has 0 radical (unpaired) electrons. The summed E-state index contributed by atoms with van der Waals surface area (Å²) in [5.74, 6) is 0.0717. The number of H-pyrrole nitrogens is 1. The predicted molar refractivity (Wildman–Crippen MR) is 111 cm³/mol. The van der Waals surface area contributed by atoms with Gasteiger partial charge in [-0.05, 0) is 31.2 Å². The molecule has 0 aliphatic heterocycles. The number of thiazole rings is 1. The molecule has 7 nitrogen and oxygen atoms in total. The summed E-state index contributed by atoms with van der Waals surface area (Å²) in [7, 11) is 0. The van der Waals surface area contributed by atoms with Crippen molar-refractivity contribution in [2.75, 3.05) is 6.61 Å². The number of nitriles is 1. The average molecular weight is 403 g/mol. The molecule has 0 saturated heterocycles. The van der Waals surface area contributed by atoms with E-state index in [9.17, 15) is 10.4 Å². The number of ether oxygens (including phenoxy) is 1. The molecular weight excluding hydrogens is 386 g/mol. The Morgan fingerprint density at radius 2 is 1.97 bits per heavy atom. The van der Waals surface area contributed by atoms with Crippen molar-refractivity contribution in [1.29, 1.82) is 10.7 Å². The molecule has 3 N–H and O–H groups in total. The molecular formula is C21H17N5O2S. The smallest absolute Gasteiger partial charge is 0.298 e. The molecule has 144 valence electrons. The normalized spacial score (nSPS) is 13.1. The van der Waals surface area contributed by atoms with Crippen LogP contribution in [0.4, 0.5) is 0 Å². The van der Waals surface area contributed by atoms with Gasteiger partial charge in [0, 0.05) is 5.69 Å². The first kappa shape index (κ1) is 18.5. The molecule has 0 atom stereocenters. The van der Waals surface area contributed by atoms with Crippen molar-refractivity contribution in [2.45, 2.75) is 6.92 Å². The molecule has 2 heterocycles. The molecule has 29 heavy (non-hydrogen) atoms. The zero-order valence-corrected chi connectivity index (χ0v) is 16.3. The van der Waals surface area contributed by atoms with Crippen LogP contribution in [-0.2, 0) is 4.74 Å². The lowest BCUT2D eigenvalue weighted by Crippen LogP contribution is -2.32. The van der Waals surface area contributed by atoms with Crippen LogP contribution < -0.4 is 14.7 Å². The van der Waals surface area contributed by atoms with Crippen molar-refractivity contribution in [3.05, 3.63) is 75.1 Å². The summed E-state index contributed by atoms with van der Waals surface area (Å²) in [5, 5.41) is 28.8. The Bertz CT molecular complexity index is 1370. The first-order valence-electron chi connectivity index (χ1n) is 8.91.